The number of rotatable bonds is 4. The number of hydrogen-bond acceptors (Lipinski definition) is 6. The molecule has 1 aliphatic rings. The van der Waals surface area contributed by atoms with Gasteiger partial charge in [0.05, 0.1) is 30.5 Å². The molecule has 9 heteroatoms. The first-order chi connectivity index (χ1) is 13.3. The van der Waals surface area contributed by atoms with E-state index in [1.54, 1.807) is 25.1 Å². The predicted molar refractivity (Wildman–Crippen MR) is 95.6 cm³/mol. The molecule has 2 aromatic rings. The van der Waals surface area contributed by atoms with E-state index in [1.165, 1.54) is 0 Å². The summed E-state index contributed by atoms with van der Waals surface area (Å²) in [6, 6.07) is 7.03. The summed E-state index contributed by atoms with van der Waals surface area (Å²) in [6.07, 6.45) is 0. The van der Waals surface area contributed by atoms with Crippen LogP contribution in [0.1, 0.15) is 27.9 Å². The number of nitriles is 1. The fraction of sp³-hybridized carbons (Fsp3) is 0.263. The minimum Gasteiger partial charge on any atom is -0.507 e. The molecule has 2 N–H and O–H groups in total. The average Bonchev–Trinajstić information content (AvgIpc) is 3.10. The maximum absolute atomic E-state index is 13.0. The number of benzene rings is 1. The SMILES string of the molecule is Cc1cc(CN(CC(=O)O)C(=O)n2c3c(c(O)cc2=O)COC3)ccc1C#N. The molecule has 0 atom stereocenters. The van der Waals surface area contributed by atoms with E-state index in [0.29, 0.717) is 22.3 Å². The van der Waals surface area contributed by atoms with Gasteiger partial charge in [0.2, 0.25) is 0 Å². The van der Waals surface area contributed by atoms with Gasteiger partial charge >= 0.3 is 12.0 Å². The third-order valence-corrected chi connectivity index (χ3v) is 4.47. The summed E-state index contributed by atoms with van der Waals surface area (Å²) in [5.41, 5.74) is 1.56. The Hall–Kier alpha value is -3.64. The summed E-state index contributed by atoms with van der Waals surface area (Å²) >= 11 is 0. The molecule has 1 aromatic heterocycles. The zero-order valence-electron chi connectivity index (χ0n) is 15.0. The number of aryl methyl sites for hydroxylation is 1. The van der Waals surface area contributed by atoms with E-state index in [2.05, 4.69) is 0 Å². The van der Waals surface area contributed by atoms with Gasteiger partial charge in [-0.15, -0.1) is 0 Å². The number of hydrogen-bond donors (Lipinski definition) is 2. The van der Waals surface area contributed by atoms with Crippen LogP contribution in [-0.4, -0.2) is 38.2 Å². The first-order valence-electron chi connectivity index (χ1n) is 8.37. The molecule has 0 aliphatic carbocycles. The normalized spacial score (nSPS) is 12.3. The van der Waals surface area contributed by atoms with Crippen LogP contribution in [0, 0.1) is 18.3 Å². The maximum atomic E-state index is 13.0. The topological polar surface area (TPSA) is 133 Å². The van der Waals surface area contributed by atoms with Gasteiger partial charge in [-0.25, -0.2) is 9.36 Å². The quantitative estimate of drug-likeness (QED) is 0.813. The molecule has 0 bridgehead atoms. The molecule has 0 spiro atoms. The van der Waals surface area contributed by atoms with E-state index in [0.717, 1.165) is 15.5 Å². The second-order valence-corrected chi connectivity index (χ2v) is 6.41. The van der Waals surface area contributed by atoms with Gasteiger partial charge in [0, 0.05) is 18.2 Å². The summed E-state index contributed by atoms with van der Waals surface area (Å²) < 4.78 is 6.06. The average molecular weight is 383 g/mol. The molecule has 0 saturated carbocycles. The molecule has 3 rings (SSSR count). The Kier molecular flexibility index (Phi) is 5.15. The van der Waals surface area contributed by atoms with Gasteiger partial charge in [0.1, 0.15) is 12.3 Å². The van der Waals surface area contributed by atoms with Crippen LogP contribution in [0.2, 0.25) is 0 Å². The van der Waals surface area contributed by atoms with E-state index < -0.39 is 24.1 Å². The van der Waals surface area contributed by atoms with Gasteiger partial charge in [-0.1, -0.05) is 12.1 Å². The Labute approximate surface area is 159 Å². The molecular formula is C19H17N3O6. The number of carbonyl (C=O) groups is 2. The molecule has 1 aliphatic heterocycles. The number of ether oxygens (including phenoxy) is 1. The van der Waals surface area contributed by atoms with Gasteiger partial charge in [0.15, 0.2) is 0 Å². The van der Waals surface area contributed by atoms with Crippen molar-refractivity contribution in [3.63, 3.8) is 0 Å². The highest BCUT2D eigenvalue weighted by Crippen LogP contribution is 2.26. The monoisotopic (exact) mass is 383 g/mol. The summed E-state index contributed by atoms with van der Waals surface area (Å²) in [6.45, 7) is 1.06. The number of aromatic nitrogens is 1. The summed E-state index contributed by atoms with van der Waals surface area (Å²) in [4.78, 5) is 37.7. The van der Waals surface area contributed by atoms with Crippen molar-refractivity contribution in [1.29, 1.82) is 5.26 Å². The number of carboxylic acid groups (broad SMARTS) is 1. The molecule has 28 heavy (non-hydrogen) atoms. The minimum atomic E-state index is -1.24. The molecule has 0 fully saturated rings. The van der Waals surface area contributed by atoms with Crippen molar-refractivity contribution in [1.82, 2.24) is 9.47 Å². The van der Waals surface area contributed by atoms with Gasteiger partial charge < -0.3 is 19.8 Å². The summed E-state index contributed by atoms with van der Waals surface area (Å²) in [5.74, 6) is -1.49. The number of pyridine rings is 1. The van der Waals surface area contributed by atoms with Gasteiger partial charge in [0.25, 0.3) is 5.56 Å². The van der Waals surface area contributed by atoms with E-state index in [4.69, 9.17) is 10.00 Å². The van der Waals surface area contributed by atoms with E-state index in [9.17, 15) is 24.6 Å². The van der Waals surface area contributed by atoms with E-state index >= 15 is 0 Å². The number of amides is 1. The number of fused-ring (bicyclic) bond motifs is 1. The lowest BCUT2D eigenvalue weighted by molar-refractivity contribution is -0.137. The number of aromatic hydroxyl groups is 1. The molecule has 9 nitrogen and oxygen atoms in total. The van der Waals surface area contributed by atoms with Crippen LogP contribution in [0.4, 0.5) is 4.79 Å². The third-order valence-electron chi connectivity index (χ3n) is 4.47. The summed E-state index contributed by atoms with van der Waals surface area (Å²) in [5, 5.41) is 28.1. The molecule has 1 aromatic carbocycles. The van der Waals surface area contributed by atoms with Crippen LogP contribution in [0.25, 0.3) is 0 Å². The highest BCUT2D eigenvalue weighted by Gasteiger charge is 2.28. The van der Waals surface area contributed by atoms with Gasteiger partial charge in [-0.3, -0.25) is 9.59 Å². The van der Waals surface area contributed by atoms with Crippen molar-refractivity contribution < 1.29 is 24.5 Å². The van der Waals surface area contributed by atoms with Crippen LogP contribution in [0.15, 0.2) is 29.1 Å². The van der Waals surface area contributed by atoms with Crippen LogP contribution in [-0.2, 0) is 29.3 Å². The Bertz CT molecular complexity index is 1070. The molecule has 1 amide bonds. The molecule has 0 saturated heterocycles. The zero-order chi connectivity index (χ0) is 20.4. The Balaban J connectivity index is 1.99. The fourth-order valence-electron chi connectivity index (χ4n) is 3.12. The highest BCUT2D eigenvalue weighted by molar-refractivity contribution is 5.82. The van der Waals surface area contributed by atoms with Crippen LogP contribution in [0.3, 0.4) is 0 Å². The number of carbonyl (C=O) groups excluding carboxylic acids is 1. The third kappa shape index (κ3) is 3.58. The second-order valence-electron chi connectivity index (χ2n) is 6.41. The Morgan fingerprint density at radius 1 is 1.32 bits per heavy atom. The maximum Gasteiger partial charge on any atom is 0.332 e. The Morgan fingerprint density at radius 2 is 2.07 bits per heavy atom. The van der Waals surface area contributed by atoms with Crippen LogP contribution in [0.5, 0.6) is 5.75 Å². The zero-order valence-corrected chi connectivity index (χ0v) is 15.0. The molecule has 2 heterocycles. The molecule has 0 unspecified atom stereocenters. The number of nitrogens with zero attached hydrogens (tertiary/aromatic N) is 3. The molecule has 144 valence electrons. The van der Waals surface area contributed by atoms with Gasteiger partial charge in [-0.05, 0) is 24.1 Å². The fourth-order valence-corrected chi connectivity index (χ4v) is 3.12. The first-order valence-corrected chi connectivity index (χ1v) is 8.37. The van der Waals surface area contributed by atoms with Crippen LogP contribution >= 0.6 is 0 Å². The Morgan fingerprint density at radius 3 is 2.71 bits per heavy atom. The summed E-state index contributed by atoms with van der Waals surface area (Å²) in [7, 11) is 0. The second kappa shape index (κ2) is 7.54. The first kappa shape index (κ1) is 19.1. The van der Waals surface area contributed by atoms with Crippen molar-refractivity contribution >= 4 is 12.0 Å². The largest absolute Gasteiger partial charge is 0.507 e. The predicted octanol–water partition coefficient (Wildman–Crippen LogP) is 1.32. The standard InChI is InChI=1S/C19H17N3O6/c1-11-4-12(2-3-13(11)6-20)7-21(8-18(25)26)19(27)22-15-10-28-9-14(15)16(23)5-17(22)24/h2-5,23H,7-10H2,1H3,(H,25,26). The number of aliphatic carboxylic acids is 1. The van der Waals surface area contributed by atoms with E-state index in [-0.39, 0.29) is 31.2 Å². The molecule has 0 radical (unpaired) electrons. The van der Waals surface area contributed by atoms with Gasteiger partial charge in [-0.2, -0.15) is 5.26 Å². The smallest absolute Gasteiger partial charge is 0.332 e. The van der Waals surface area contributed by atoms with E-state index in [1.807, 2.05) is 6.07 Å². The van der Waals surface area contributed by atoms with Crippen molar-refractivity contribution in [2.24, 2.45) is 0 Å². The lowest BCUT2D eigenvalue weighted by Gasteiger charge is -2.23. The van der Waals surface area contributed by atoms with Crippen molar-refractivity contribution in [3.05, 3.63) is 62.6 Å². The minimum absolute atomic E-state index is 0.0401. The van der Waals surface area contributed by atoms with Crippen LogP contribution < -0.4 is 5.56 Å². The lowest BCUT2D eigenvalue weighted by Crippen LogP contribution is -2.43. The van der Waals surface area contributed by atoms with Crippen molar-refractivity contribution in [2.45, 2.75) is 26.7 Å². The van der Waals surface area contributed by atoms with Crippen molar-refractivity contribution in [3.8, 4) is 11.8 Å². The van der Waals surface area contributed by atoms with Crippen molar-refractivity contribution in [2.75, 3.05) is 6.54 Å². The molecular weight excluding hydrogens is 366 g/mol. The lowest BCUT2D eigenvalue weighted by atomic mass is 10.1. The highest BCUT2D eigenvalue weighted by atomic mass is 16.5. The number of carboxylic acids is 1.